The van der Waals surface area contributed by atoms with E-state index in [9.17, 15) is 5.11 Å². The topological polar surface area (TPSA) is 32.3 Å². The first-order valence-electron chi connectivity index (χ1n) is 7.17. The first kappa shape index (κ1) is 18.6. The monoisotopic (exact) mass is 273 g/mol. The van der Waals surface area contributed by atoms with E-state index >= 15 is 0 Å². The molecule has 0 aromatic heterocycles. The summed E-state index contributed by atoms with van der Waals surface area (Å²) in [5, 5.41) is 13.5. The Bertz CT molecular complexity index is 269. The molecule has 0 aliphatic rings. The van der Waals surface area contributed by atoms with Crippen molar-refractivity contribution in [3.05, 3.63) is 12.2 Å². The zero-order valence-electron chi connectivity index (χ0n) is 13.9. The molecule has 1 unspecified atom stereocenters. The smallest absolute Gasteiger partial charge is 0.152 e. The second kappa shape index (κ2) is 8.00. The average molecular weight is 273 g/mol. The molecule has 0 bridgehead atoms. The van der Waals surface area contributed by atoms with Gasteiger partial charge in [-0.1, -0.05) is 12.2 Å². The summed E-state index contributed by atoms with van der Waals surface area (Å²) in [4.78, 5) is 0. The van der Waals surface area contributed by atoms with Gasteiger partial charge in [0.15, 0.2) is 6.10 Å². The number of rotatable bonds is 10. The quantitative estimate of drug-likeness (QED) is 0.349. The summed E-state index contributed by atoms with van der Waals surface area (Å²) < 4.78 is 1.68. The van der Waals surface area contributed by atoms with Gasteiger partial charge in [0.1, 0.15) is 13.1 Å². The molecule has 0 aliphatic heterocycles. The van der Waals surface area contributed by atoms with Crippen molar-refractivity contribution < 1.29 is 14.1 Å². The van der Waals surface area contributed by atoms with E-state index in [1.54, 1.807) is 0 Å². The number of aliphatic hydroxyl groups excluding tert-OH is 1. The summed E-state index contributed by atoms with van der Waals surface area (Å²) >= 11 is 0. The lowest BCUT2D eigenvalue weighted by molar-refractivity contribution is -0.907. The van der Waals surface area contributed by atoms with Gasteiger partial charge in [0, 0.05) is 19.5 Å². The van der Waals surface area contributed by atoms with Crippen LogP contribution < -0.4 is 5.32 Å². The van der Waals surface area contributed by atoms with Crippen molar-refractivity contribution in [3.63, 3.8) is 0 Å². The van der Waals surface area contributed by atoms with E-state index < -0.39 is 0 Å². The third-order valence-electron chi connectivity index (χ3n) is 3.01. The molecule has 0 aliphatic carbocycles. The van der Waals surface area contributed by atoms with Crippen molar-refractivity contribution in [2.24, 2.45) is 0 Å². The first-order chi connectivity index (χ1) is 8.52. The second-order valence-corrected chi connectivity index (χ2v) is 7.46. The lowest BCUT2D eigenvalue weighted by Crippen LogP contribution is -2.51. The van der Waals surface area contributed by atoms with Gasteiger partial charge in [0.05, 0.1) is 41.8 Å². The molecule has 0 fully saturated rings. The van der Waals surface area contributed by atoms with Gasteiger partial charge in [-0.15, -0.1) is 0 Å². The second-order valence-electron chi connectivity index (χ2n) is 7.46. The molecule has 4 nitrogen and oxygen atoms in total. The van der Waals surface area contributed by atoms with E-state index in [1.165, 1.54) is 5.57 Å². The van der Waals surface area contributed by atoms with E-state index in [2.05, 4.69) is 47.1 Å². The molecule has 0 saturated carbocycles. The number of aliphatic hydroxyl groups is 1. The van der Waals surface area contributed by atoms with Crippen molar-refractivity contribution in [1.82, 2.24) is 5.32 Å². The first-order valence-corrected chi connectivity index (χ1v) is 7.17. The van der Waals surface area contributed by atoms with Crippen LogP contribution in [0.1, 0.15) is 13.3 Å². The van der Waals surface area contributed by atoms with Crippen molar-refractivity contribution in [1.29, 1.82) is 0 Å². The highest BCUT2D eigenvalue weighted by Gasteiger charge is 2.24. The van der Waals surface area contributed by atoms with Gasteiger partial charge >= 0.3 is 0 Å². The third kappa shape index (κ3) is 12.4. The van der Waals surface area contributed by atoms with Crippen LogP contribution >= 0.6 is 0 Å². The van der Waals surface area contributed by atoms with Crippen molar-refractivity contribution in [2.45, 2.75) is 19.4 Å². The van der Waals surface area contributed by atoms with Crippen LogP contribution in [-0.2, 0) is 0 Å². The van der Waals surface area contributed by atoms with Crippen molar-refractivity contribution >= 4 is 0 Å². The Labute approximate surface area is 119 Å². The van der Waals surface area contributed by atoms with E-state index in [0.29, 0.717) is 0 Å². The van der Waals surface area contributed by atoms with Gasteiger partial charge in [-0.2, -0.15) is 0 Å². The molecule has 0 heterocycles. The summed E-state index contributed by atoms with van der Waals surface area (Å²) in [5.41, 5.74) is 1.17. The molecule has 1 atom stereocenters. The Morgan fingerprint density at radius 3 is 2.21 bits per heavy atom. The molecule has 0 rings (SSSR count). The van der Waals surface area contributed by atoms with E-state index in [1.807, 2.05) is 6.92 Å². The lowest BCUT2D eigenvalue weighted by Gasteiger charge is -2.34. The molecule has 0 spiro atoms. The maximum Gasteiger partial charge on any atom is 0.152 e. The zero-order valence-corrected chi connectivity index (χ0v) is 13.9. The van der Waals surface area contributed by atoms with Crippen LogP contribution in [0, 0.1) is 0 Å². The van der Waals surface area contributed by atoms with Crippen LogP contribution in [0.15, 0.2) is 12.2 Å². The predicted molar refractivity (Wildman–Crippen MR) is 83.0 cm³/mol. The fraction of sp³-hybridized carbons (Fsp3) is 0.867. The third-order valence-corrected chi connectivity index (χ3v) is 3.01. The maximum atomic E-state index is 10.1. The van der Waals surface area contributed by atoms with Crippen LogP contribution in [-0.4, -0.2) is 88.1 Å². The Morgan fingerprint density at radius 2 is 1.74 bits per heavy atom. The van der Waals surface area contributed by atoms with Gasteiger partial charge in [-0.3, -0.25) is 0 Å². The fourth-order valence-electron chi connectivity index (χ4n) is 2.29. The highest BCUT2D eigenvalue weighted by Crippen LogP contribution is 2.04. The number of hydrogen-bond acceptors (Lipinski definition) is 2. The van der Waals surface area contributed by atoms with Crippen LogP contribution in [0.4, 0.5) is 0 Å². The molecule has 0 radical (unpaired) electrons. The lowest BCUT2D eigenvalue weighted by atomic mass is 10.2. The van der Waals surface area contributed by atoms with Crippen LogP contribution in [0.25, 0.3) is 0 Å². The molecule has 114 valence electrons. The van der Waals surface area contributed by atoms with Crippen molar-refractivity contribution in [2.75, 3.05) is 68.0 Å². The van der Waals surface area contributed by atoms with E-state index in [-0.39, 0.29) is 6.10 Å². The van der Waals surface area contributed by atoms with Crippen molar-refractivity contribution in [3.8, 4) is 0 Å². The maximum absolute atomic E-state index is 10.1. The summed E-state index contributed by atoms with van der Waals surface area (Å²) in [5.74, 6) is 0. The molecule has 0 amide bonds. The highest BCUT2D eigenvalue weighted by atomic mass is 16.3. The van der Waals surface area contributed by atoms with Crippen LogP contribution in [0.2, 0.25) is 0 Å². The molecule has 0 aromatic rings. The number of likely N-dealkylation sites (N-methyl/N-ethyl adjacent to an activating group) is 2. The zero-order chi connectivity index (χ0) is 15.1. The minimum atomic E-state index is -0.238. The standard InChI is InChI=1S/C15H35N3O/c1-14(2)11-16-9-8-10-18(6,7)13-15(19)12-17(3,4)5/h15-16,19H,1,8-13H2,2-7H3/q+2. The normalized spacial score (nSPS) is 14.5. The minimum absolute atomic E-state index is 0.238. The van der Waals surface area contributed by atoms with E-state index in [0.717, 1.165) is 48.1 Å². The summed E-state index contributed by atoms with van der Waals surface area (Å²) in [7, 11) is 10.7. The molecule has 2 N–H and O–H groups in total. The molecule has 4 heteroatoms. The predicted octanol–water partition coefficient (Wildman–Crippen LogP) is 0.686. The van der Waals surface area contributed by atoms with Gasteiger partial charge in [-0.05, 0) is 6.92 Å². The number of nitrogens with one attached hydrogen (secondary N) is 1. The van der Waals surface area contributed by atoms with E-state index in [4.69, 9.17) is 0 Å². The molecule has 0 aromatic carbocycles. The molecule has 0 saturated heterocycles. The summed E-state index contributed by atoms with van der Waals surface area (Å²) in [6, 6.07) is 0. The molecular formula is C15H35N3O+2. The summed E-state index contributed by atoms with van der Waals surface area (Å²) in [6.07, 6.45) is 0.885. The Hall–Kier alpha value is -0.420. The van der Waals surface area contributed by atoms with Crippen LogP contribution in [0.3, 0.4) is 0 Å². The number of hydrogen-bond donors (Lipinski definition) is 2. The summed E-state index contributed by atoms with van der Waals surface area (Å²) in [6.45, 7) is 10.5. The van der Waals surface area contributed by atoms with Gasteiger partial charge < -0.3 is 19.4 Å². The Kier molecular flexibility index (Phi) is 7.82. The number of quaternary nitrogens is 2. The Balaban J connectivity index is 3.88. The number of nitrogens with zero attached hydrogens (tertiary/aromatic N) is 2. The fourth-order valence-corrected chi connectivity index (χ4v) is 2.29. The van der Waals surface area contributed by atoms with Gasteiger partial charge in [0.2, 0.25) is 0 Å². The average Bonchev–Trinajstić information content (AvgIpc) is 2.11. The molecule has 19 heavy (non-hydrogen) atoms. The minimum Gasteiger partial charge on any atom is -0.382 e. The highest BCUT2D eigenvalue weighted by molar-refractivity contribution is 4.90. The Morgan fingerprint density at radius 1 is 1.16 bits per heavy atom. The van der Waals surface area contributed by atoms with Crippen LogP contribution in [0.5, 0.6) is 0 Å². The van der Waals surface area contributed by atoms with Gasteiger partial charge in [0.25, 0.3) is 0 Å². The SMILES string of the molecule is C=C(C)CNCCC[N+](C)(C)CC(O)C[N+](C)(C)C. The largest absolute Gasteiger partial charge is 0.382 e. The van der Waals surface area contributed by atoms with Gasteiger partial charge in [-0.25, -0.2) is 0 Å². The molecular weight excluding hydrogens is 238 g/mol.